The van der Waals surface area contributed by atoms with Crippen LogP contribution in [0.3, 0.4) is 0 Å². The van der Waals surface area contributed by atoms with Crippen LogP contribution in [0.4, 0.5) is 0 Å². The quantitative estimate of drug-likeness (QED) is 0.824. The predicted octanol–water partition coefficient (Wildman–Crippen LogP) is 2.38. The molecule has 3 heteroatoms. The van der Waals surface area contributed by atoms with E-state index < -0.39 is 6.10 Å². The van der Waals surface area contributed by atoms with Gasteiger partial charge >= 0.3 is 0 Å². The fourth-order valence-corrected chi connectivity index (χ4v) is 1.74. The van der Waals surface area contributed by atoms with Crippen LogP contribution in [0.5, 0.6) is 5.75 Å². The van der Waals surface area contributed by atoms with E-state index >= 15 is 0 Å². The second kappa shape index (κ2) is 6.62. The molecule has 1 N–H and O–H groups in total. The molecule has 0 saturated carbocycles. The van der Waals surface area contributed by atoms with E-state index in [9.17, 15) is 5.11 Å². The lowest BCUT2D eigenvalue weighted by molar-refractivity contribution is 0.154. The Bertz CT molecular complexity index is 350. The van der Waals surface area contributed by atoms with Crippen LogP contribution < -0.4 is 4.74 Å². The Hall–Kier alpha value is -1.06. The highest BCUT2D eigenvalue weighted by atomic mass is 16.5. The van der Waals surface area contributed by atoms with Crippen LogP contribution in [-0.2, 0) is 0 Å². The van der Waals surface area contributed by atoms with Gasteiger partial charge in [0.25, 0.3) is 0 Å². The second-order valence-electron chi connectivity index (χ2n) is 4.57. The lowest BCUT2D eigenvalue weighted by atomic mass is 10.0. The van der Waals surface area contributed by atoms with Gasteiger partial charge in [-0.3, -0.25) is 0 Å². The third-order valence-electron chi connectivity index (χ3n) is 2.73. The first-order valence-corrected chi connectivity index (χ1v) is 6.10. The van der Waals surface area contributed by atoms with E-state index in [0.29, 0.717) is 6.61 Å². The van der Waals surface area contributed by atoms with Gasteiger partial charge in [-0.2, -0.15) is 0 Å². The molecule has 1 aromatic rings. The molecule has 0 spiro atoms. The summed E-state index contributed by atoms with van der Waals surface area (Å²) < 4.78 is 5.48. The number of hydrogen-bond acceptors (Lipinski definition) is 3. The van der Waals surface area contributed by atoms with Gasteiger partial charge in [0.1, 0.15) is 5.75 Å². The standard InChI is InChI=1S/C14H23NO2/c1-5-17-14-7-6-12(10-11(14)2)13(16)8-9-15(3)4/h6-7,10,13,16H,5,8-9H2,1-4H3. The van der Waals surface area contributed by atoms with E-state index in [0.717, 1.165) is 29.8 Å². The Balaban J connectivity index is 2.68. The zero-order valence-corrected chi connectivity index (χ0v) is 11.2. The van der Waals surface area contributed by atoms with Crippen molar-refractivity contribution in [3.8, 4) is 5.75 Å². The average Bonchev–Trinajstić information content (AvgIpc) is 2.28. The first-order valence-electron chi connectivity index (χ1n) is 6.10. The number of aryl methyl sites for hydroxylation is 1. The zero-order chi connectivity index (χ0) is 12.8. The molecule has 3 nitrogen and oxygen atoms in total. The number of ether oxygens (including phenoxy) is 1. The molecule has 0 bridgehead atoms. The van der Waals surface area contributed by atoms with Crippen molar-refractivity contribution in [3.05, 3.63) is 29.3 Å². The van der Waals surface area contributed by atoms with E-state index in [1.54, 1.807) is 0 Å². The van der Waals surface area contributed by atoms with Crippen molar-refractivity contribution >= 4 is 0 Å². The minimum Gasteiger partial charge on any atom is -0.494 e. The van der Waals surface area contributed by atoms with Gasteiger partial charge in [0.05, 0.1) is 12.7 Å². The van der Waals surface area contributed by atoms with Crippen LogP contribution in [0, 0.1) is 6.92 Å². The Morgan fingerprint density at radius 3 is 2.59 bits per heavy atom. The molecule has 0 radical (unpaired) electrons. The van der Waals surface area contributed by atoms with Crippen LogP contribution in [0.25, 0.3) is 0 Å². The highest BCUT2D eigenvalue weighted by Crippen LogP contribution is 2.24. The van der Waals surface area contributed by atoms with Crippen molar-refractivity contribution in [1.82, 2.24) is 4.90 Å². The van der Waals surface area contributed by atoms with Gasteiger partial charge in [-0.15, -0.1) is 0 Å². The topological polar surface area (TPSA) is 32.7 Å². The molecule has 0 amide bonds. The Kier molecular flexibility index (Phi) is 5.45. The molecule has 0 aliphatic carbocycles. The number of rotatable bonds is 6. The molecule has 0 fully saturated rings. The lowest BCUT2D eigenvalue weighted by Gasteiger charge is -2.16. The van der Waals surface area contributed by atoms with Crippen molar-refractivity contribution in [3.63, 3.8) is 0 Å². The molecular formula is C14H23NO2. The second-order valence-corrected chi connectivity index (χ2v) is 4.57. The molecule has 96 valence electrons. The highest BCUT2D eigenvalue weighted by molar-refractivity contribution is 5.37. The Morgan fingerprint density at radius 2 is 2.06 bits per heavy atom. The largest absolute Gasteiger partial charge is 0.494 e. The molecule has 0 aliphatic heterocycles. The van der Waals surface area contributed by atoms with E-state index in [-0.39, 0.29) is 0 Å². The van der Waals surface area contributed by atoms with Gasteiger partial charge in [-0.25, -0.2) is 0 Å². The molecular weight excluding hydrogens is 214 g/mol. The van der Waals surface area contributed by atoms with Gasteiger partial charge in [0.15, 0.2) is 0 Å². The fraction of sp³-hybridized carbons (Fsp3) is 0.571. The first-order chi connectivity index (χ1) is 8.04. The summed E-state index contributed by atoms with van der Waals surface area (Å²) in [5.74, 6) is 0.899. The molecule has 1 atom stereocenters. The number of hydrogen-bond donors (Lipinski definition) is 1. The average molecular weight is 237 g/mol. The van der Waals surface area contributed by atoms with Gasteiger partial charge in [-0.05, 0) is 57.6 Å². The zero-order valence-electron chi connectivity index (χ0n) is 11.2. The lowest BCUT2D eigenvalue weighted by Crippen LogP contribution is -2.15. The van der Waals surface area contributed by atoms with Crippen LogP contribution in [0.1, 0.15) is 30.6 Å². The summed E-state index contributed by atoms with van der Waals surface area (Å²) in [6.45, 7) is 5.53. The summed E-state index contributed by atoms with van der Waals surface area (Å²) in [4.78, 5) is 2.07. The maximum atomic E-state index is 10.0. The van der Waals surface area contributed by atoms with E-state index in [2.05, 4.69) is 4.90 Å². The van der Waals surface area contributed by atoms with Crippen molar-refractivity contribution in [2.75, 3.05) is 27.2 Å². The molecule has 1 unspecified atom stereocenters. The first kappa shape index (κ1) is 14.0. The molecule has 17 heavy (non-hydrogen) atoms. The van der Waals surface area contributed by atoms with Gasteiger partial charge in [0.2, 0.25) is 0 Å². The van der Waals surface area contributed by atoms with Gasteiger partial charge in [0, 0.05) is 6.54 Å². The van der Waals surface area contributed by atoms with Crippen LogP contribution in [-0.4, -0.2) is 37.3 Å². The minimum absolute atomic E-state index is 0.397. The van der Waals surface area contributed by atoms with Crippen LogP contribution >= 0.6 is 0 Å². The van der Waals surface area contributed by atoms with Crippen molar-refractivity contribution in [1.29, 1.82) is 0 Å². The smallest absolute Gasteiger partial charge is 0.122 e. The molecule has 1 rings (SSSR count). The summed E-state index contributed by atoms with van der Waals surface area (Å²) in [6.07, 6.45) is 0.354. The Morgan fingerprint density at radius 1 is 1.35 bits per heavy atom. The summed E-state index contributed by atoms with van der Waals surface area (Å²) in [5.41, 5.74) is 2.04. The number of aliphatic hydroxyl groups is 1. The van der Waals surface area contributed by atoms with E-state index in [4.69, 9.17) is 4.74 Å². The van der Waals surface area contributed by atoms with E-state index in [1.807, 2.05) is 46.1 Å². The number of nitrogens with zero attached hydrogens (tertiary/aromatic N) is 1. The van der Waals surface area contributed by atoms with Crippen LogP contribution in [0.15, 0.2) is 18.2 Å². The highest BCUT2D eigenvalue weighted by Gasteiger charge is 2.09. The maximum absolute atomic E-state index is 10.0. The predicted molar refractivity (Wildman–Crippen MR) is 70.5 cm³/mol. The fourth-order valence-electron chi connectivity index (χ4n) is 1.74. The van der Waals surface area contributed by atoms with Gasteiger partial charge in [-0.1, -0.05) is 6.07 Å². The summed E-state index contributed by atoms with van der Waals surface area (Å²) >= 11 is 0. The van der Waals surface area contributed by atoms with Crippen molar-refractivity contribution in [2.24, 2.45) is 0 Å². The Labute approximate surface area is 104 Å². The summed E-state index contributed by atoms with van der Waals surface area (Å²) in [6, 6.07) is 5.89. The monoisotopic (exact) mass is 237 g/mol. The minimum atomic E-state index is -0.397. The maximum Gasteiger partial charge on any atom is 0.122 e. The molecule has 0 aromatic heterocycles. The normalized spacial score (nSPS) is 12.8. The van der Waals surface area contributed by atoms with Crippen LogP contribution in [0.2, 0.25) is 0 Å². The third kappa shape index (κ3) is 4.36. The SMILES string of the molecule is CCOc1ccc(C(O)CCN(C)C)cc1C. The van der Waals surface area contributed by atoms with Crippen molar-refractivity contribution < 1.29 is 9.84 Å². The summed E-state index contributed by atoms with van der Waals surface area (Å²) in [7, 11) is 4.02. The number of benzene rings is 1. The number of aliphatic hydroxyl groups excluding tert-OH is 1. The molecule has 1 aromatic carbocycles. The third-order valence-corrected chi connectivity index (χ3v) is 2.73. The molecule has 0 saturated heterocycles. The van der Waals surface area contributed by atoms with Crippen molar-refractivity contribution in [2.45, 2.75) is 26.4 Å². The molecule has 0 aliphatic rings. The van der Waals surface area contributed by atoms with Gasteiger partial charge < -0.3 is 14.7 Å². The van der Waals surface area contributed by atoms with E-state index in [1.165, 1.54) is 0 Å². The summed E-state index contributed by atoms with van der Waals surface area (Å²) in [5, 5.41) is 10.0. The molecule has 0 heterocycles.